The van der Waals surface area contributed by atoms with Crippen molar-refractivity contribution in [2.24, 2.45) is 5.73 Å². The number of amides is 2. The molecule has 0 atom stereocenters. The minimum atomic E-state index is -0.521. The molecule has 0 aliphatic carbocycles. The van der Waals surface area contributed by atoms with Gasteiger partial charge in [-0.15, -0.1) is 0 Å². The molecular formula is C21H22N4O3. The molecule has 0 spiro atoms. The predicted octanol–water partition coefficient (Wildman–Crippen LogP) is 2.48. The van der Waals surface area contributed by atoms with Gasteiger partial charge in [-0.05, 0) is 48.2 Å². The number of rotatable bonds is 8. The molecule has 3 rings (SSSR count). The maximum Gasteiger partial charge on any atom is 0.266 e. The van der Waals surface area contributed by atoms with E-state index in [0.717, 1.165) is 28.1 Å². The number of primary amides is 1. The third-order valence-corrected chi connectivity index (χ3v) is 4.38. The van der Waals surface area contributed by atoms with E-state index in [0.29, 0.717) is 18.5 Å². The number of hydrogen-bond acceptors (Lipinski definition) is 4. The second kappa shape index (κ2) is 8.85. The topological polar surface area (TPSA) is 110 Å². The first-order valence-electron chi connectivity index (χ1n) is 8.89. The fourth-order valence-corrected chi connectivity index (χ4v) is 2.93. The average Bonchev–Trinajstić information content (AvgIpc) is 3.16. The molecule has 0 unspecified atom stereocenters. The van der Waals surface area contributed by atoms with Crippen LogP contribution >= 0.6 is 0 Å². The first-order chi connectivity index (χ1) is 13.5. The van der Waals surface area contributed by atoms with E-state index in [9.17, 15) is 9.59 Å². The van der Waals surface area contributed by atoms with Crippen LogP contribution in [0.2, 0.25) is 0 Å². The van der Waals surface area contributed by atoms with Gasteiger partial charge in [0.05, 0.1) is 19.7 Å². The van der Waals surface area contributed by atoms with Gasteiger partial charge in [0.2, 0.25) is 5.91 Å². The van der Waals surface area contributed by atoms with Crippen molar-refractivity contribution < 1.29 is 14.3 Å². The van der Waals surface area contributed by atoms with Crippen molar-refractivity contribution >= 4 is 17.5 Å². The molecule has 2 aromatic carbocycles. The van der Waals surface area contributed by atoms with Gasteiger partial charge in [-0.3, -0.25) is 14.7 Å². The first kappa shape index (κ1) is 19.2. The molecule has 2 amide bonds. The minimum absolute atomic E-state index is 0.0897. The van der Waals surface area contributed by atoms with Crippen LogP contribution in [0.5, 0.6) is 5.75 Å². The number of carbonyl (C=O) groups is 2. The number of aromatic nitrogens is 2. The molecule has 0 saturated carbocycles. The zero-order chi connectivity index (χ0) is 19.9. The summed E-state index contributed by atoms with van der Waals surface area (Å²) in [4.78, 5) is 23.7. The molecule has 0 bridgehead atoms. The summed E-state index contributed by atoms with van der Waals surface area (Å²) in [5, 5.41) is 9.41. The lowest BCUT2D eigenvalue weighted by Crippen LogP contribution is -2.15. The summed E-state index contributed by atoms with van der Waals surface area (Å²) in [6.45, 7) is 0. The Hall–Kier alpha value is -3.61. The molecule has 7 nitrogen and oxygen atoms in total. The summed E-state index contributed by atoms with van der Waals surface area (Å²) in [5.41, 5.74) is 9.12. The molecule has 0 fully saturated rings. The van der Waals surface area contributed by atoms with Gasteiger partial charge < -0.3 is 15.8 Å². The highest BCUT2D eigenvalue weighted by atomic mass is 16.5. The first-order valence-corrected chi connectivity index (χ1v) is 8.89. The van der Waals surface area contributed by atoms with Crippen LogP contribution in [0.1, 0.15) is 27.2 Å². The Balaban J connectivity index is 1.58. The number of ether oxygens (including phenoxy) is 1. The number of aromatic amines is 1. The Morgan fingerprint density at radius 1 is 1.11 bits per heavy atom. The van der Waals surface area contributed by atoms with Crippen LogP contribution in [0.3, 0.4) is 0 Å². The standard InChI is InChI=1S/C21H22N4O3/c1-28-18-9-6-15(7-10-18)12-19(26)24-17-4-2-3-14(11-17)5-8-16-13-23-25-20(16)21(22)27/h2-4,6-7,9-11,13H,5,8,12H2,1H3,(H2,22,27)(H,23,25)(H,24,26). The van der Waals surface area contributed by atoms with Crippen molar-refractivity contribution in [3.63, 3.8) is 0 Å². The summed E-state index contributed by atoms with van der Waals surface area (Å²) in [6, 6.07) is 15.1. The van der Waals surface area contributed by atoms with E-state index in [4.69, 9.17) is 10.5 Å². The van der Waals surface area contributed by atoms with E-state index in [1.54, 1.807) is 13.3 Å². The van der Waals surface area contributed by atoms with E-state index in [1.165, 1.54) is 0 Å². The number of hydrogen-bond donors (Lipinski definition) is 3. The van der Waals surface area contributed by atoms with E-state index >= 15 is 0 Å². The fraction of sp³-hybridized carbons (Fsp3) is 0.190. The van der Waals surface area contributed by atoms with Crippen LogP contribution in [0.15, 0.2) is 54.7 Å². The van der Waals surface area contributed by atoms with Crippen molar-refractivity contribution in [2.45, 2.75) is 19.3 Å². The number of nitrogens with zero attached hydrogens (tertiary/aromatic N) is 1. The summed E-state index contributed by atoms with van der Waals surface area (Å²) in [6.07, 6.45) is 3.21. The van der Waals surface area contributed by atoms with Gasteiger partial charge in [-0.2, -0.15) is 5.10 Å². The van der Waals surface area contributed by atoms with Gasteiger partial charge in [-0.25, -0.2) is 0 Å². The quantitative estimate of drug-likeness (QED) is 0.559. The molecule has 144 valence electrons. The van der Waals surface area contributed by atoms with Gasteiger partial charge in [0.25, 0.3) is 5.91 Å². The zero-order valence-corrected chi connectivity index (χ0v) is 15.6. The van der Waals surface area contributed by atoms with Crippen molar-refractivity contribution in [3.8, 4) is 5.75 Å². The van der Waals surface area contributed by atoms with E-state index in [2.05, 4.69) is 15.5 Å². The van der Waals surface area contributed by atoms with E-state index in [1.807, 2.05) is 48.5 Å². The summed E-state index contributed by atoms with van der Waals surface area (Å²) in [5.74, 6) is 0.147. The molecule has 1 aromatic heterocycles. The Morgan fingerprint density at radius 2 is 1.89 bits per heavy atom. The highest BCUT2D eigenvalue weighted by molar-refractivity contribution is 5.92. The lowest BCUT2D eigenvalue weighted by atomic mass is 10.0. The van der Waals surface area contributed by atoms with Crippen molar-refractivity contribution in [1.82, 2.24) is 10.2 Å². The summed E-state index contributed by atoms with van der Waals surface area (Å²) in [7, 11) is 1.61. The molecule has 28 heavy (non-hydrogen) atoms. The second-order valence-corrected chi connectivity index (χ2v) is 6.41. The molecule has 0 radical (unpaired) electrons. The van der Waals surface area contributed by atoms with Crippen molar-refractivity contribution in [3.05, 3.63) is 77.1 Å². The Morgan fingerprint density at radius 3 is 2.61 bits per heavy atom. The molecule has 1 heterocycles. The zero-order valence-electron chi connectivity index (χ0n) is 15.6. The third-order valence-electron chi connectivity index (χ3n) is 4.38. The SMILES string of the molecule is COc1ccc(CC(=O)Nc2cccc(CCc3cn[nH]c3C(N)=O)c2)cc1. The monoisotopic (exact) mass is 378 g/mol. The number of nitrogens with two attached hydrogens (primary N) is 1. The predicted molar refractivity (Wildman–Crippen MR) is 106 cm³/mol. The Bertz CT molecular complexity index is 964. The number of nitrogens with one attached hydrogen (secondary N) is 2. The molecule has 7 heteroatoms. The lowest BCUT2D eigenvalue weighted by Gasteiger charge is -2.08. The van der Waals surface area contributed by atoms with Gasteiger partial charge in [-0.1, -0.05) is 24.3 Å². The molecular weight excluding hydrogens is 356 g/mol. The van der Waals surface area contributed by atoms with Crippen LogP contribution in [0, 0.1) is 0 Å². The fourth-order valence-electron chi connectivity index (χ4n) is 2.93. The summed E-state index contributed by atoms with van der Waals surface area (Å²) >= 11 is 0. The smallest absolute Gasteiger partial charge is 0.266 e. The molecule has 0 aliphatic heterocycles. The second-order valence-electron chi connectivity index (χ2n) is 6.41. The Kier molecular flexibility index (Phi) is 6.06. The highest BCUT2D eigenvalue weighted by Gasteiger charge is 2.11. The lowest BCUT2D eigenvalue weighted by molar-refractivity contribution is -0.115. The van der Waals surface area contributed by atoms with E-state index < -0.39 is 5.91 Å². The average molecular weight is 378 g/mol. The van der Waals surface area contributed by atoms with Crippen molar-refractivity contribution in [2.75, 3.05) is 12.4 Å². The Labute approximate surface area is 162 Å². The van der Waals surface area contributed by atoms with E-state index in [-0.39, 0.29) is 12.3 Å². The number of anilines is 1. The van der Waals surface area contributed by atoms with Gasteiger partial charge in [0.15, 0.2) is 0 Å². The van der Waals surface area contributed by atoms with Gasteiger partial charge in [0.1, 0.15) is 11.4 Å². The van der Waals surface area contributed by atoms with Crippen LogP contribution in [-0.4, -0.2) is 29.1 Å². The van der Waals surface area contributed by atoms with Gasteiger partial charge in [0, 0.05) is 11.3 Å². The number of H-pyrrole nitrogens is 1. The van der Waals surface area contributed by atoms with Crippen LogP contribution in [0.4, 0.5) is 5.69 Å². The maximum absolute atomic E-state index is 12.3. The normalized spacial score (nSPS) is 10.5. The molecule has 0 aliphatic rings. The van der Waals surface area contributed by atoms with Crippen LogP contribution < -0.4 is 15.8 Å². The van der Waals surface area contributed by atoms with Crippen molar-refractivity contribution in [1.29, 1.82) is 0 Å². The van der Waals surface area contributed by atoms with Gasteiger partial charge >= 0.3 is 0 Å². The number of carbonyl (C=O) groups excluding carboxylic acids is 2. The highest BCUT2D eigenvalue weighted by Crippen LogP contribution is 2.16. The van der Waals surface area contributed by atoms with Crippen LogP contribution in [0.25, 0.3) is 0 Å². The molecule has 3 aromatic rings. The summed E-state index contributed by atoms with van der Waals surface area (Å²) < 4.78 is 5.12. The molecule has 0 saturated heterocycles. The van der Waals surface area contributed by atoms with Crippen LogP contribution in [-0.2, 0) is 24.1 Å². The third kappa shape index (κ3) is 4.97. The minimum Gasteiger partial charge on any atom is -0.497 e. The largest absolute Gasteiger partial charge is 0.497 e. The number of aryl methyl sites for hydroxylation is 2. The maximum atomic E-state index is 12.3. The number of benzene rings is 2. The number of methoxy groups -OCH3 is 1. The molecule has 4 N–H and O–H groups in total.